The Hall–Kier alpha value is -0.0900. The van der Waals surface area contributed by atoms with Gasteiger partial charge in [0.1, 0.15) is 0 Å². The first kappa shape index (κ1) is 11.0. The summed E-state index contributed by atoms with van der Waals surface area (Å²) in [6.07, 6.45) is 0.647. The van der Waals surface area contributed by atoms with Crippen LogP contribution in [0.1, 0.15) is 5.56 Å². The van der Waals surface area contributed by atoms with E-state index in [4.69, 9.17) is 22.4 Å². The second kappa shape index (κ2) is 4.96. The van der Waals surface area contributed by atoms with E-state index in [9.17, 15) is 0 Å². The number of halogens is 2. The highest BCUT2D eigenvalue weighted by molar-refractivity contribution is 9.10. The summed E-state index contributed by atoms with van der Waals surface area (Å²) in [7, 11) is 0. The van der Waals surface area contributed by atoms with Gasteiger partial charge >= 0.3 is 0 Å². The zero-order valence-corrected chi connectivity index (χ0v) is 9.35. The summed E-state index contributed by atoms with van der Waals surface area (Å²) < 4.78 is 0.934. The van der Waals surface area contributed by atoms with Crippen molar-refractivity contribution in [2.45, 2.75) is 12.5 Å². The highest BCUT2D eigenvalue weighted by Gasteiger charge is 2.05. The third-order valence-electron chi connectivity index (χ3n) is 1.73. The van der Waals surface area contributed by atoms with Crippen molar-refractivity contribution in [3.05, 3.63) is 33.3 Å². The van der Waals surface area contributed by atoms with Gasteiger partial charge < -0.3 is 10.8 Å². The standard InChI is InChI=1S/C9H11BrClNO/c10-9-4-7(11)2-1-6(9)3-8(12)5-13/h1-2,4,8,13H,3,5,12H2. The molecule has 4 heteroatoms. The Morgan fingerprint density at radius 2 is 2.23 bits per heavy atom. The Labute approximate surface area is 90.8 Å². The minimum Gasteiger partial charge on any atom is -0.395 e. The Kier molecular flexibility index (Phi) is 4.19. The van der Waals surface area contributed by atoms with Gasteiger partial charge in [-0.3, -0.25) is 0 Å². The monoisotopic (exact) mass is 263 g/mol. The molecule has 1 rings (SSSR count). The minimum absolute atomic E-state index is 0.00489. The number of hydrogen-bond donors (Lipinski definition) is 2. The lowest BCUT2D eigenvalue weighted by Crippen LogP contribution is -2.26. The fourth-order valence-corrected chi connectivity index (χ4v) is 1.88. The van der Waals surface area contributed by atoms with E-state index in [2.05, 4.69) is 15.9 Å². The van der Waals surface area contributed by atoms with Gasteiger partial charge in [-0.05, 0) is 24.1 Å². The summed E-state index contributed by atoms with van der Waals surface area (Å²) in [5.74, 6) is 0. The number of hydrogen-bond acceptors (Lipinski definition) is 2. The molecule has 2 nitrogen and oxygen atoms in total. The molecule has 0 aromatic heterocycles. The van der Waals surface area contributed by atoms with Crippen LogP contribution in [0, 0.1) is 0 Å². The molecule has 0 heterocycles. The maximum Gasteiger partial charge on any atom is 0.0585 e. The molecule has 1 aromatic rings. The van der Waals surface area contributed by atoms with Gasteiger partial charge in [0.05, 0.1) is 6.61 Å². The summed E-state index contributed by atoms with van der Waals surface area (Å²) in [6, 6.07) is 5.33. The average molecular weight is 265 g/mol. The lowest BCUT2D eigenvalue weighted by atomic mass is 10.1. The van der Waals surface area contributed by atoms with Crippen molar-refractivity contribution < 1.29 is 5.11 Å². The Bertz CT molecular complexity index is 293. The molecule has 0 aliphatic heterocycles. The van der Waals surface area contributed by atoms with Gasteiger partial charge in [-0.25, -0.2) is 0 Å². The molecule has 1 aromatic carbocycles. The van der Waals surface area contributed by atoms with E-state index < -0.39 is 0 Å². The number of rotatable bonds is 3. The maximum atomic E-state index is 8.78. The van der Waals surface area contributed by atoms with Gasteiger partial charge in [-0.1, -0.05) is 33.6 Å². The van der Waals surface area contributed by atoms with Crippen molar-refractivity contribution in [3.8, 4) is 0 Å². The molecule has 0 aliphatic carbocycles. The summed E-state index contributed by atoms with van der Waals surface area (Å²) >= 11 is 9.16. The first-order valence-corrected chi connectivity index (χ1v) is 5.11. The molecule has 0 fully saturated rings. The Balaban J connectivity index is 2.77. The minimum atomic E-state index is -0.211. The van der Waals surface area contributed by atoms with Gasteiger partial charge in [0, 0.05) is 15.5 Å². The lowest BCUT2D eigenvalue weighted by molar-refractivity contribution is 0.265. The highest BCUT2D eigenvalue weighted by Crippen LogP contribution is 2.22. The SMILES string of the molecule is NC(CO)Cc1ccc(Cl)cc1Br. The van der Waals surface area contributed by atoms with E-state index in [0.717, 1.165) is 10.0 Å². The van der Waals surface area contributed by atoms with E-state index >= 15 is 0 Å². The van der Waals surface area contributed by atoms with Crippen molar-refractivity contribution in [2.24, 2.45) is 5.73 Å². The van der Waals surface area contributed by atoms with Crippen LogP contribution in [0.15, 0.2) is 22.7 Å². The average Bonchev–Trinajstić information content (AvgIpc) is 2.09. The molecular formula is C9H11BrClNO. The van der Waals surface area contributed by atoms with Crippen LogP contribution in [0.4, 0.5) is 0 Å². The summed E-state index contributed by atoms with van der Waals surface area (Å²) in [4.78, 5) is 0. The molecule has 3 N–H and O–H groups in total. The zero-order valence-electron chi connectivity index (χ0n) is 7.00. The fraction of sp³-hybridized carbons (Fsp3) is 0.333. The first-order valence-electron chi connectivity index (χ1n) is 3.94. The molecule has 1 atom stereocenters. The van der Waals surface area contributed by atoms with Crippen LogP contribution < -0.4 is 5.73 Å². The maximum absolute atomic E-state index is 8.78. The van der Waals surface area contributed by atoms with Crippen molar-refractivity contribution in [1.29, 1.82) is 0 Å². The molecule has 0 saturated heterocycles. The largest absolute Gasteiger partial charge is 0.395 e. The summed E-state index contributed by atoms with van der Waals surface area (Å²) in [5, 5.41) is 9.46. The van der Waals surface area contributed by atoms with Crippen molar-refractivity contribution >= 4 is 27.5 Å². The van der Waals surface area contributed by atoms with Gasteiger partial charge in [0.2, 0.25) is 0 Å². The number of aliphatic hydroxyl groups is 1. The topological polar surface area (TPSA) is 46.2 Å². The van der Waals surface area contributed by atoms with E-state index in [-0.39, 0.29) is 12.6 Å². The zero-order chi connectivity index (χ0) is 9.84. The van der Waals surface area contributed by atoms with E-state index in [0.29, 0.717) is 11.4 Å². The summed E-state index contributed by atoms with van der Waals surface area (Å²) in [6.45, 7) is -0.00489. The Morgan fingerprint density at radius 3 is 2.77 bits per heavy atom. The number of nitrogens with two attached hydrogens (primary N) is 1. The van der Waals surface area contributed by atoms with Crippen LogP contribution >= 0.6 is 27.5 Å². The predicted octanol–water partition coefficient (Wildman–Crippen LogP) is 1.96. The Morgan fingerprint density at radius 1 is 1.54 bits per heavy atom. The fourth-order valence-electron chi connectivity index (χ4n) is 1.03. The lowest BCUT2D eigenvalue weighted by Gasteiger charge is -2.09. The van der Waals surface area contributed by atoms with Crippen molar-refractivity contribution in [2.75, 3.05) is 6.61 Å². The van der Waals surface area contributed by atoms with Crippen LogP contribution in [0.3, 0.4) is 0 Å². The third-order valence-corrected chi connectivity index (χ3v) is 2.71. The van der Waals surface area contributed by atoms with Gasteiger partial charge in [0.15, 0.2) is 0 Å². The van der Waals surface area contributed by atoms with Gasteiger partial charge in [-0.15, -0.1) is 0 Å². The van der Waals surface area contributed by atoms with Crippen LogP contribution in [0.5, 0.6) is 0 Å². The molecule has 0 saturated carbocycles. The highest BCUT2D eigenvalue weighted by atomic mass is 79.9. The normalized spacial score (nSPS) is 12.9. The molecule has 0 spiro atoms. The van der Waals surface area contributed by atoms with E-state index in [1.54, 1.807) is 0 Å². The smallest absolute Gasteiger partial charge is 0.0585 e. The molecule has 1 unspecified atom stereocenters. The van der Waals surface area contributed by atoms with Crippen LogP contribution in [-0.4, -0.2) is 17.8 Å². The molecular weight excluding hydrogens is 253 g/mol. The summed E-state index contributed by atoms with van der Waals surface area (Å²) in [5.41, 5.74) is 6.67. The van der Waals surface area contributed by atoms with Crippen LogP contribution in [0.25, 0.3) is 0 Å². The van der Waals surface area contributed by atoms with E-state index in [1.807, 2.05) is 18.2 Å². The van der Waals surface area contributed by atoms with Gasteiger partial charge in [0.25, 0.3) is 0 Å². The number of aliphatic hydroxyl groups excluding tert-OH is 1. The van der Waals surface area contributed by atoms with Crippen LogP contribution in [-0.2, 0) is 6.42 Å². The molecule has 0 bridgehead atoms. The number of benzene rings is 1. The second-order valence-electron chi connectivity index (χ2n) is 2.88. The molecule has 13 heavy (non-hydrogen) atoms. The third kappa shape index (κ3) is 3.27. The molecule has 0 amide bonds. The second-order valence-corrected chi connectivity index (χ2v) is 4.17. The quantitative estimate of drug-likeness (QED) is 0.877. The van der Waals surface area contributed by atoms with E-state index in [1.165, 1.54) is 0 Å². The molecule has 0 radical (unpaired) electrons. The van der Waals surface area contributed by atoms with Crippen molar-refractivity contribution in [3.63, 3.8) is 0 Å². The molecule has 72 valence electrons. The van der Waals surface area contributed by atoms with Crippen LogP contribution in [0.2, 0.25) is 5.02 Å². The van der Waals surface area contributed by atoms with Crippen molar-refractivity contribution in [1.82, 2.24) is 0 Å². The molecule has 0 aliphatic rings. The van der Waals surface area contributed by atoms with Gasteiger partial charge in [-0.2, -0.15) is 0 Å². The predicted molar refractivity (Wildman–Crippen MR) is 57.9 cm³/mol. The first-order chi connectivity index (χ1) is 6.13.